The quantitative estimate of drug-likeness (QED) is 0.793. The van der Waals surface area contributed by atoms with Gasteiger partial charge in [-0.2, -0.15) is 5.10 Å². The number of aromatic nitrogens is 5. The van der Waals surface area contributed by atoms with Crippen LogP contribution in [-0.4, -0.2) is 54.6 Å². The molecule has 1 N–H and O–H groups in total. The maximum atomic E-state index is 12.6. The van der Waals surface area contributed by atoms with Crippen LogP contribution < -0.4 is 10.9 Å². The van der Waals surface area contributed by atoms with E-state index in [-0.39, 0.29) is 11.6 Å². The van der Waals surface area contributed by atoms with Gasteiger partial charge in [-0.25, -0.2) is 19.1 Å². The smallest absolute Gasteiger partial charge is 0.317 e. The molecule has 1 saturated carbocycles. The van der Waals surface area contributed by atoms with Crippen molar-refractivity contribution in [3.8, 4) is 5.82 Å². The third kappa shape index (κ3) is 5.02. The van der Waals surface area contributed by atoms with Gasteiger partial charge in [0.05, 0.1) is 0 Å². The summed E-state index contributed by atoms with van der Waals surface area (Å²) in [5, 5.41) is 11.7. The van der Waals surface area contributed by atoms with E-state index in [1.54, 1.807) is 12.4 Å². The molecule has 0 spiro atoms. The Morgan fingerprint density at radius 3 is 2.52 bits per heavy atom. The molecule has 4 rings (SSSR count). The summed E-state index contributed by atoms with van der Waals surface area (Å²) in [5.41, 5.74) is -0.123. The molecule has 2 aliphatic rings. The van der Waals surface area contributed by atoms with Crippen LogP contribution in [0.15, 0.2) is 29.6 Å². The third-order valence-corrected chi connectivity index (χ3v) is 6.02. The van der Waals surface area contributed by atoms with Gasteiger partial charge in [0.25, 0.3) is 5.56 Å². The molecule has 1 aliphatic carbocycles. The van der Waals surface area contributed by atoms with Crippen LogP contribution in [0.3, 0.4) is 0 Å². The molecule has 2 aromatic heterocycles. The fourth-order valence-corrected chi connectivity index (χ4v) is 4.27. The summed E-state index contributed by atoms with van der Waals surface area (Å²) in [5.74, 6) is 0.899. The van der Waals surface area contributed by atoms with Gasteiger partial charge in [0, 0.05) is 31.7 Å². The molecular weight excluding hydrogens is 370 g/mol. The Morgan fingerprint density at radius 2 is 1.83 bits per heavy atom. The van der Waals surface area contributed by atoms with Gasteiger partial charge in [-0.3, -0.25) is 4.79 Å². The Hall–Kier alpha value is -2.71. The standard InChI is InChI=1S/C20H29N7O2/c28-19-8-7-18(27-15-21-14-22-27)24-26(19)13-16-9-11-25(12-10-16)20(29)23-17-5-3-1-2-4-6-17/h7-8,14-17H,1-6,9-13H2,(H,23,29). The van der Waals surface area contributed by atoms with Gasteiger partial charge in [0.15, 0.2) is 5.82 Å². The fraction of sp³-hybridized carbons (Fsp3) is 0.650. The molecule has 29 heavy (non-hydrogen) atoms. The van der Waals surface area contributed by atoms with Crippen LogP contribution in [-0.2, 0) is 6.54 Å². The van der Waals surface area contributed by atoms with E-state index in [2.05, 4.69) is 20.5 Å². The van der Waals surface area contributed by atoms with Gasteiger partial charge in [0.1, 0.15) is 12.7 Å². The highest BCUT2D eigenvalue weighted by molar-refractivity contribution is 5.74. The van der Waals surface area contributed by atoms with E-state index in [4.69, 9.17) is 0 Å². The van der Waals surface area contributed by atoms with E-state index < -0.39 is 0 Å². The first-order chi connectivity index (χ1) is 14.2. The molecular formula is C20H29N7O2. The Balaban J connectivity index is 1.30. The van der Waals surface area contributed by atoms with Crippen molar-refractivity contribution in [1.29, 1.82) is 0 Å². The van der Waals surface area contributed by atoms with Gasteiger partial charge in [-0.05, 0) is 37.7 Å². The van der Waals surface area contributed by atoms with E-state index in [1.165, 1.54) is 47.4 Å². The van der Waals surface area contributed by atoms with Crippen LogP contribution in [0.4, 0.5) is 4.79 Å². The van der Waals surface area contributed by atoms with Gasteiger partial charge >= 0.3 is 6.03 Å². The minimum Gasteiger partial charge on any atom is -0.335 e. The first-order valence-electron chi connectivity index (χ1n) is 10.7. The second kappa shape index (κ2) is 9.19. The maximum absolute atomic E-state index is 12.6. The zero-order valence-electron chi connectivity index (χ0n) is 16.7. The number of hydrogen-bond acceptors (Lipinski definition) is 5. The zero-order chi connectivity index (χ0) is 20.1. The minimum absolute atomic E-state index is 0.0684. The second-order valence-corrected chi connectivity index (χ2v) is 8.12. The van der Waals surface area contributed by atoms with Crippen LogP contribution in [0.1, 0.15) is 51.4 Å². The number of urea groups is 1. The van der Waals surface area contributed by atoms with Crippen LogP contribution >= 0.6 is 0 Å². The predicted octanol–water partition coefficient (Wildman–Crippen LogP) is 1.97. The van der Waals surface area contributed by atoms with E-state index in [0.29, 0.717) is 24.3 Å². The first kappa shape index (κ1) is 19.6. The van der Waals surface area contributed by atoms with Gasteiger partial charge in [-0.1, -0.05) is 25.7 Å². The minimum atomic E-state index is -0.123. The number of rotatable bonds is 4. The highest BCUT2D eigenvalue weighted by Gasteiger charge is 2.25. The lowest BCUT2D eigenvalue weighted by atomic mass is 9.97. The van der Waals surface area contributed by atoms with E-state index in [9.17, 15) is 9.59 Å². The Labute approximate surface area is 170 Å². The van der Waals surface area contributed by atoms with E-state index >= 15 is 0 Å². The molecule has 2 fully saturated rings. The third-order valence-electron chi connectivity index (χ3n) is 6.02. The number of carbonyl (C=O) groups excluding carboxylic acids is 1. The number of piperidine rings is 1. The summed E-state index contributed by atoms with van der Waals surface area (Å²) in [6.07, 6.45) is 11.9. The summed E-state index contributed by atoms with van der Waals surface area (Å²) in [4.78, 5) is 30.7. The molecule has 0 atom stereocenters. The average Bonchev–Trinajstić information content (AvgIpc) is 3.15. The van der Waals surface area contributed by atoms with Gasteiger partial charge in [0.2, 0.25) is 0 Å². The van der Waals surface area contributed by atoms with Crippen LogP contribution in [0, 0.1) is 5.92 Å². The first-order valence-corrected chi connectivity index (χ1v) is 10.7. The van der Waals surface area contributed by atoms with Crippen molar-refractivity contribution in [2.75, 3.05) is 13.1 Å². The number of hydrogen-bond donors (Lipinski definition) is 1. The molecule has 2 aromatic rings. The van der Waals surface area contributed by atoms with Crippen molar-refractivity contribution in [3.63, 3.8) is 0 Å². The van der Waals surface area contributed by atoms with Gasteiger partial charge in [-0.15, -0.1) is 5.10 Å². The largest absolute Gasteiger partial charge is 0.335 e. The molecule has 0 unspecified atom stereocenters. The van der Waals surface area contributed by atoms with Gasteiger partial charge < -0.3 is 10.2 Å². The molecule has 3 heterocycles. The predicted molar refractivity (Wildman–Crippen MR) is 108 cm³/mol. The Morgan fingerprint density at radius 1 is 1.07 bits per heavy atom. The second-order valence-electron chi connectivity index (χ2n) is 8.12. The van der Waals surface area contributed by atoms with Crippen molar-refractivity contribution in [3.05, 3.63) is 35.1 Å². The topological polar surface area (TPSA) is 97.9 Å². The summed E-state index contributed by atoms with van der Waals surface area (Å²) in [6.45, 7) is 2.00. The lowest BCUT2D eigenvalue weighted by molar-refractivity contribution is 0.159. The van der Waals surface area contributed by atoms with Crippen LogP contribution in [0.25, 0.3) is 5.82 Å². The number of carbonyl (C=O) groups is 1. The molecule has 0 aromatic carbocycles. The van der Waals surface area contributed by atoms with Crippen molar-refractivity contribution < 1.29 is 4.79 Å². The lowest BCUT2D eigenvalue weighted by Crippen LogP contribution is -2.48. The monoisotopic (exact) mass is 399 g/mol. The van der Waals surface area contributed by atoms with Crippen LogP contribution in [0.5, 0.6) is 0 Å². The highest BCUT2D eigenvalue weighted by atomic mass is 16.2. The molecule has 1 saturated heterocycles. The Kier molecular flexibility index (Phi) is 6.21. The highest BCUT2D eigenvalue weighted by Crippen LogP contribution is 2.20. The van der Waals surface area contributed by atoms with Crippen molar-refractivity contribution in [1.82, 2.24) is 34.8 Å². The van der Waals surface area contributed by atoms with E-state index in [0.717, 1.165) is 38.8 Å². The summed E-state index contributed by atoms with van der Waals surface area (Å²) in [7, 11) is 0. The van der Waals surface area contributed by atoms with Crippen molar-refractivity contribution >= 4 is 6.03 Å². The van der Waals surface area contributed by atoms with Crippen LogP contribution in [0.2, 0.25) is 0 Å². The molecule has 156 valence electrons. The maximum Gasteiger partial charge on any atom is 0.317 e. The lowest BCUT2D eigenvalue weighted by Gasteiger charge is -2.33. The van der Waals surface area contributed by atoms with E-state index in [1.807, 2.05) is 4.90 Å². The average molecular weight is 399 g/mol. The molecule has 1 aliphatic heterocycles. The fourth-order valence-electron chi connectivity index (χ4n) is 4.27. The number of amides is 2. The van der Waals surface area contributed by atoms with Crippen molar-refractivity contribution in [2.45, 2.75) is 64.0 Å². The molecule has 2 amide bonds. The number of nitrogens with one attached hydrogen (secondary N) is 1. The number of likely N-dealkylation sites (tertiary alicyclic amines) is 1. The summed E-state index contributed by atoms with van der Waals surface area (Å²) >= 11 is 0. The Bertz CT molecular complexity index is 848. The summed E-state index contributed by atoms with van der Waals surface area (Å²) in [6, 6.07) is 3.55. The molecule has 9 heteroatoms. The summed E-state index contributed by atoms with van der Waals surface area (Å²) < 4.78 is 3.04. The zero-order valence-corrected chi connectivity index (χ0v) is 16.7. The number of nitrogens with zero attached hydrogens (tertiary/aromatic N) is 6. The normalized spacial score (nSPS) is 19.1. The molecule has 0 bridgehead atoms. The SMILES string of the molecule is O=C(NC1CCCCCC1)N1CCC(Cn2nc(-n3cncn3)ccc2=O)CC1. The molecule has 9 nitrogen and oxygen atoms in total. The molecule has 0 radical (unpaired) electrons. The van der Waals surface area contributed by atoms with Crippen molar-refractivity contribution in [2.24, 2.45) is 5.92 Å².